The zero-order valence-corrected chi connectivity index (χ0v) is 15.9. The Labute approximate surface area is 159 Å². The molecule has 4 nitrogen and oxygen atoms in total. The zero-order chi connectivity index (χ0) is 18.2. The molecule has 0 aliphatic carbocycles. The fourth-order valence-electron chi connectivity index (χ4n) is 3.09. The molecule has 1 N–H and O–H groups in total. The van der Waals surface area contributed by atoms with E-state index in [2.05, 4.69) is 29.6 Å². The predicted octanol–water partition coefficient (Wildman–Crippen LogP) is 3.70. The number of methoxy groups -OCH3 is 1. The summed E-state index contributed by atoms with van der Waals surface area (Å²) in [4.78, 5) is 13.7. The van der Waals surface area contributed by atoms with Crippen LogP contribution >= 0.6 is 11.8 Å². The third-order valence-corrected chi connectivity index (χ3v) is 6.08. The highest BCUT2D eigenvalue weighted by Crippen LogP contribution is 2.40. The normalized spacial score (nSPS) is 16.0. The minimum Gasteiger partial charge on any atom is -0.497 e. The molecule has 26 heavy (non-hydrogen) atoms. The van der Waals surface area contributed by atoms with Crippen molar-refractivity contribution in [3.05, 3.63) is 60.2 Å². The van der Waals surface area contributed by atoms with E-state index in [-0.39, 0.29) is 10.7 Å². The summed E-state index contributed by atoms with van der Waals surface area (Å²) in [7, 11) is 1.63. The third-order valence-electron chi connectivity index (χ3n) is 4.59. The van der Waals surface area contributed by atoms with Gasteiger partial charge in [-0.1, -0.05) is 30.3 Å². The van der Waals surface area contributed by atoms with E-state index in [1.165, 1.54) is 4.90 Å². The number of thioether (sulfide) groups is 1. The molecule has 2 aromatic carbocycles. The van der Waals surface area contributed by atoms with Crippen LogP contribution in [0.25, 0.3) is 0 Å². The monoisotopic (exact) mass is 371 g/mol. The van der Waals surface area contributed by atoms with Crippen molar-refractivity contribution in [2.24, 2.45) is 0 Å². The maximum atomic E-state index is 12.5. The third kappa shape index (κ3) is 5.26. The topological polar surface area (TPSA) is 47.6 Å². The van der Waals surface area contributed by atoms with Gasteiger partial charge in [0, 0.05) is 29.4 Å². The van der Waals surface area contributed by atoms with Crippen LogP contribution in [0, 0.1) is 0 Å². The van der Waals surface area contributed by atoms with Gasteiger partial charge in [0.15, 0.2) is 0 Å². The van der Waals surface area contributed by atoms with E-state index >= 15 is 0 Å². The molecule has 138 valence electrons. The maximum absolute atomic E-state index is 12.5. The van der Waals surface area contributed by atoms with Crippen molar-refractivity contribution in [3.63, 3.8) is 0 Å². The van der Waals surface area contributed by atoms with E-state index in [4.69, 9.17) is 9.47 Å². The summed E-state index contributed by atoms with van der Waals surface area (Å²) in [6.45, 7) is 2.13. The Hall–Kier alpha value is -1.98. The molecule has 0 bridgehead atoms. The minimum atomic E-state index is -0.0103. The Balaban J connectivity index is 1.61. The summed E-state index contributed by atoms with van der Waals surface area (Å²) in [5.41, 5.74) is 0.957. The summed E-state index contributed by atoms with van der Waals surface area (Å²) >= 11 is 1.85. The molecule has 0 spiro atoms. The molecule has 1 saturated heterocycles. The van der Waals surface area contributed by atoms with Crippen LogP contribution in [-0.2, 0) is 16.0 Å². The van der Waals surface area contributed by atoms with Crippen LogP contribution in [0.1, 0.15) is 18.4 Å². The maximum Gasteiger partial charge on any atom is 0.224 e. The van der Waals surface area contributed by atoms with E-state index in [0.29, 0.717) is 13.0 Å². The number of benzene rings is 2. The van der Waals surface area contributed by atoms with Crippen LogP contribution < -0.4 is 10.1 Å². The van der Waals surface area contributed by atoms with Gasteiger partial charge in [0.05, 0.1) is 13.5 Å². The first kappa shape index (κ1) is 18.8. The van der Waals surface area contributed by atoms with Crippen molar-refractivity contribution >= 4 is 17.7 Å². The molecule has 1 amide bonds. The number of carbonyl (C=O) groups is 1. The van der Waals surface area contributed by atoms with E-state index in [9.17, 15) is 4.79 Å². The Morgan fingerprint density at radius 2 is 1.92 bits per heavy atom. The van der Waals surface area contributed by atoms with Gasteiger partial charge in [0.2, 0.25) is 5.91 Å². The van der Waals surface area contributed by atoms with E-state index in [0.717, 1.165) is 37.4 Å². The van der Waals surface area contributed by atoms with Gasteiger partial charge in [-0.05, 0) is 42.7 Å². The van der Waals surface area contributed by atoms with Crippen LogP contribution in [0.2, 0.25) is 0 Å². The van der Waals surface area contributed by atoms with Gasteiger partial charge in [0.25, 0.3) is 0 Å². The van der Waals surface area contributed by atoms with Crippen LogP contribution in [0.4, 0.5) is 0 Å². The molecule has 1 fully saturated rings. The highest BCUT2D eigenvalue weighted by molar-refractivity contribution is 8.00. The van der Waals surface area contributed by atoms with Gasteiger partial charge in [-0.3, -0.25) is 4.79 Å². The number of hydrogen-bond donors (Lipinski definition) is 1. The molecule has 0 aromatic heterocycles. The molecule has 3 rings (SSSR count). The molecule has 0 radical (unpaired) electrons. The second-order valence-electron chi connectivity index (χ2n) is 6.52. The van der Waals surface area contributed by atoms with Crippen molar-refractivity contribution in [2.75, 3.05) is 26.9 Å². The average Bonchev–Trinajstić information content (AvgIpc) is 2.68. The number of carbonyl (C=O) groups excluding carboxylic acids is 1. The molecule has 2 aromatic rings. The first-order valence-electron chi connectivity index (χ1n) is 8.91. The summed E-state index contributed by atoms with van der Waals surface area (Å²) in [6, 6.07) is 18.0. The fraction of sp³-hybridized carbons (Fsp3) is 0.381. The summed E-state index contributed by atoms with van der Waals surface area (Å²) in [5, 5.41) is 3.14. The van der Waals surface area contributed by atoms with Crippen LogP contribution in [0.15, 0.2) is 59.5 Å². The molecule has 1 heterocycles. The predicted molar refractivity (Wildman–Crippen MR) is 105 cm³/mol. The smallest absolute Gasteiger partial charge is 0.224 e. The lowest BCUT2D eigenvalue weighted by Crippen LogP contribution is -2.44. The van der Waals surface area contributed by atoms with Crippen molar-refractivity contribution in [1.29, 1.82) is 0 Å². The summed E-state index contributed by atoms with van der Waals surface area (Å²) in [6.07, 6.45) is 2.23. The van der Waals surface area contributed by atoms with Crippen molar-refractivity contribution in [3.8, 4) is 5.75 Å². The summed E-state index contributed by atoms with van der Waals surface area (Å²) < 4.78 is 10.8. The number of ether oxygens (including phenoxy) is 2. The quantitative estimate of drug-likeness (QED) is 0.806. The van der Waals surface area contributed by atoms with Crippen LogP contribution in [0.5, 0.6) is 5.75 Å². The molecule has 0 unspecified atom stereocenters. The fourth-order valence-corrected chi connectivity index (χ4v) is 4.40. The summed E-state index contributed by atoms with van der Waals surface area (Å²) in [5.74, 6) is 0.814. The Kier molecular flexibility index (Phi) is 6.58. The zero-order valence-electron chi connectivity index (χ0n) is 15.1. The second-order valence-corrected chi connectivity index (χ2v) is 8.06. The van der Waals surface area contributed by atoms with Crippen LogP contribution in [0.3, 0.4) is 0 Å². The van der Waals surface area contributed by atoms with Crippen molar-refractivity contribution < 1.29 is 14.3 Å². The first-order valence-corrected chi connectivity index (χ1v) is 9.72. The minimum absolute atomic E-state index is 0.0103. The highest BCUT2D eigenvalue weighted by Gasteiger charge is 2.34. The van der Waals surface area contributed by atoms with Gasteiger partial charge < -0.3 is 14.8 Å². The molecule has 1 aliphatic heterocycles. The standard InChI is InChI=1S/C21H25NO3S/c1-24-18-7-5-6-17(14-18)15-20(23)22-16-21(10-12-25-13-11-21)26-19-8-3-2-4-9-19/h2-9,14H,10-13,15-16H2,1H3,(H,22,23). The SMILES string of the molecule is COc1cccc(CC(=O)NCC2(Sc3ccccc3)CCOCC2)c1. The van der Waals surface area contributed by atoms with Gasteiger partial charge in [-0.15, -0.1) is 11.8 Å². The molecular formula is C21H25NO3S. The lowest BCUT2D eigenvalue weighted by Gasteiger charge is -2.36. The average molecular weight is 372 g/mol. The Bertz CT molecular complexity index is 714. The largest absolute Gasteiger partial charge is 0.497 e. The lowest BCUT2D eigenvalue weighted by molar-refractivity contribution is -0.120. The molecule has 5 heteroatoms. The van der Waals surface area contributed by atoms with Crippen LogP contribution in [-0.4, -0.2) is 37.5 Å². The lowest BCUT2D eigenvalue weighted by atomic mass is 9.99. The molecular weight excluding hydrogens is 346 g/mol. The number of hydrogen-bond acceptors (Lipinski definition) is 4. The van der Waals surface area contributed by atoms with Crippen molar-refractivity contribution in [1.82, 2.24) is 5.32 Å². The number of amides is 1. The molecule has 0 saturated carbocycles. The first-order chi connectivity index (χ1) is 12.7. The van der Waals surface area contributed by atoms with Crippen molar-refractivity contribution in [2.45, 2.75) is 28.9 Å². The second kappa shape index (κ2) is 9.10. The van der Waals surface area contributed by atoms with Gasteiger partial charge >= 0.3 is 0 Å². The number of nitrogens with one attached hydrogen (secondary N) is 1. The molecule has 1 aliphatic rings. The van der Waals surface area contributed by atoms with Gasteiger partial charge in [0.1, 0.15) is 5.75 Å². The van der Waals surface area contributed by atoms with Gasteiger partial charge in [-0.2, -0.15) is 0 Å². The van der Waals surface area contributed by atoms with E-state index in [1.54, 1.807) is 7.11 Å². The Morgan fingerprint density at radius 1 is 1.15 bits per heavy atom. The van der Waals surface area contributed by atoms with E-state index < -0.39 is 0 Å². The molecule has 0 atom stereocenters. The highest BCUT2D eigenvalue weighted by atomic mass is 32.2. The number of rotatable bonds is 7. The van der Waals surface area contributed by atoms with E-state index in [1.807, 2.05) is 42.1 Å². The van der Waals surface area contributed by atoms with Gasteiger partial charge in [-0.25, -0.2) is 0 Å². The Morgan fingerprint density at radius 3 is 2.65 bits per heavy atom.